The number of furan rings is 1. The van der Waals surface area contributed by atoms with Gasteiger partial charge in [0.1, 0.15) is 11.6 Å². The van der Waals surface area contributed by atoms with Crippen molar-refractivity contribution in [3.8, 4) is 11.3 Å². The summed E-state index contributed by atoms with van der Waals surface area (Å²) in [6.45, 7) is 0. The molecule has 132 valence electrons. The molecule has 2 aromatic carbocycles. The third-order valence-corrected chi connectivity index (χ3v) is 3.81. The van der Waals surface area contributed by atoms with Crippen LogP contribution < -0.4 is 16.2 Å². The van der Waals surface area contributed by atoms with Gasteiger partial charge in [0.05, 0.1) is 0 Å². The number of hydrogen-bond donors (Lipinski definition) is 3. The van der Waals surface area contributed by atoms with Crippen LogP contribution in [0.25, 0.3) is 11.3 Å². The lowest BCUT2D eigenvalue weighted by Crippen LogP contribution is -2.43. The molecule has 8 heteroatoms. The van der Waals surface area contributed by atoms with Crippen LogP contribution in [-0.2, 0) is 0 Å². The Balaban J connectivity index is 1.55. The first-order chi connectivity index (χ1) is 12.5. The molecule has 0 aliphatic carbocycles. The third-order valence-electron chi connectivity index (χ3n) is 3.35. The minimum Gasteiger partial charge on any atom is -0.451 e. The van der Waals surface area contributed by atoms with Gasteiger partial charge in [0.25, 0.3) is 0 Å². The van der Waals surface area contributed by atoms with Gasteiger partial charge in [-0.15, -0.1) is 0 Å². The van der Waals surface area contributed by atoms with Gasteiger partial charge in [0.15, 0.2) is 10.9 Å². The molecule has 0 saturated heterocycles. The van der Waals surface area contributed by atoms with E-state index >= 15 is 0 Å². The van der Waals surface area contributed by atoms with E-state index in [1.807, 2.05) is 0 Å². The fraction of sp³-hybridized carbons (Fsp3) is 0. The van der Waals surface area contributed by atoms with Gasteiger partial charge in [0, 0.05) is 16.3 Å². The Morgan fingerprint density at radius 2 is 1.65 bits per heavy atom. The van der Waals surface area contributed by atoms with Crippen LogP contribution in [0.5, 0.6) is 0 Å². The minimum absolute atomic E-state index is 0.0890. The van der Waals surface area contributed by atoms with E-state index in [-0.39, 0.29) is 16.7 Å². The highest BCUT2D eigenvalue weighted by Gasteiger charge is 2.12. The molecule has 1 heterocycles. The van der Waals surface area contributed by atoms with Gasteiger partial charge in [-0.2, -0.15) is 0 Å². The summed E-state index contributed by atoms with van der Waals surface area (Å²) in [6.07, 6.45) is 0. The van der Waals surface area contributed by atoms with Crippen molar-refractivity contribution in [3.05, 3.63) is 77.3 Å². The van der Waals surface area contributed by atoms with Crippen molar-refractivity contribution in [2.75, 3.05) is 5.32 Å². The maximum absolute atomic E-state index is 13.0. The molecule has 3 rings (SSSR count). The maximum Gasteiger partial charge on any atom is 0.305 e. The molecule has 0 unspecified atom stereocenters. The zero-order valence-corrected chi connectivity index (χ0v) is 14.8. The molecule has 1 aromatic heterocycles. The lowest BCUT2D eigenvalue weighted by Gasteiger charge is -2.10. The van der Waals surface area contributed by atoms with Gasteiger partial charge >= 0.3 is 5.91 Å². The summed E-state index contributed by atoms with van der Waals surface area (Å²) < 4.78 is 18.4. The zero-order valence-electron chi connectivity index (χ0n) is 13.3. The van der Waals surface area contributed by atoms with E-state index in [1.54, 1.807) is 42.5 Å². The lowest BCUT2D eigenvalue weighted by atomic mass is 10.2. The number of hydrazine groups is 1. The van der Waals surface area contributed by atoms with E-state index in [4.69, 9.17) is 28.2 Å². The summed E-state index contributed by atoms with van der Waals surface area (Å²) in [5, 5.41) is 3.70. The fourth-order valence-corrected chi connectivity index (χ4v) is 2.39. The Hall–Kier alpha value is -2.90. The fourth-order valence-electron chi connectivity index (χ4n) is 2.10. The van der Waals surface area contributed by atoms with Crippen molar-refractivity contribution in [1.82, 2.24) is 10.9 Å². The Bertz CT molecular complexity index is 926. The normalized spacial score (nSPS) is 10.2. The van der Waals surface area contributed by atoms with E-state index in [0.29, 0.717) is 16.3 Å². The van der Waals surface area contributed by atoms with Crippen LogP contribution in [0.3, 0.4) is 0 Å². The summed E-state index contributed by atoms with van der Waals surface area (Å²) in [6, 6.07) is 15.9. The van der Waals surface area contributed by atoms with Gasteiger partial charge in [-0.25, -0.2) is 4.39 Å². The molecule has 1 amide bonds. The van der Waals surface area contributed by atoms with Gasteiger partial charge in [-0.3, -0.25) is 15.6 Å². The van der Waals surface area contributed by atoms with Crippen LogP contribution >= 0.6 is 23.8 Å². The van der Waals surface area contributed by atoms with E-state index in [0.717, 1.165) is 5.69 Å². The number of thiocarbonyl (C=S) groups is 1. The average Bonchev–Trinajstić information content (AvgIpc) is 3.12. The second-order valence-electron chi connectivity index (χ2n) is 5.21. The molecule has 0 spiro atoms. The predicted molar refractivity (Wildman–Crippen MR) is 102 cm³/mol. The number of carbonyl (C=O) groups is 1. The largest absolute Gasteiger partial charge is 0.451 e. The summed E-state index contributed by atoms with van der Waals surface area (Å²) in [4.78, 5) is 12.1. The van der Waals surface area contributed by atoms with Crippen LogP contribution in [-0.4, -0.2) is 11.0 Å². The number of anilines is 1. The third kappa shape index (κ3) is 4.59. The SMILES string of the molecule is O=C(NNC(=S)Nc1ccc(Cl)cc1)c1ccc(-c2ccc(F)cc2)o1. The summed E-state index contributed by atoms with van der Waals surface area (Å²) >= 11 is 10.9. The Labute approximate surface area is 159 Å². The van der Waals surface area contributed by atoms with Crippen LogP contribution in [0.1, 0.15) is 10.6 Å². The first-order valence-corrected chi connectivity index (χ1v) is 8.28. The molecule has 3 aromatic rings. The Morgan fingerprint density at radius 1 is 0.962 bits per heavy atom. The molecule has 0 saturated carbocycles. The molecule has 0 aliphatic heterocycles. The molecule has 0 atom stereocenters. The van der Waals surface area contributed by atoms with Gasteiger partial charge in [0.2, 0.25) is 0 Å². The first kappa shape index (κ1) is 17.9. The molecular weight excluding hydrogens is 377 g/mol. The van der Waals surface area contributed by atoms with Gasteiger partial charge < -0.3 is 9.73 Å². The van der Waals surface area contributed by atoms with Gasteiger partial charge in [-0.05, 0) is 72.9 Å². The van der Waals surface area contributed by atoms with E-state index in [2.05, 4.69) is 16.2 Å². The average molecular weight is 390 g/mol. The quantitative estimate of drug-likeness (QED) is 0.458. The first-order valence-electron chi connectivity index (χ1n) is 7.50. The lowest BCUT2D eigenvalue weighted by molar-refractivity contribution is 0.0917. The standard InChI is InChI=1S/C18H13ClFN3O2S/c19-12-3-7-14(8-4-12)21-18(26)23-22-17(24)16-10-9-15(25-16)11-1-5-13(20)6-2-11/h1-10H,(H,22,24)(H2,21,23,26). The van der Waals surface area contributed by atoms with Crippen molar-refractivity contribution in [3.63, 3.8) is 0 Å². The van der Waals surface area contributed by atoms with Crippen molar-refractivity contribution in [2.45, 2.75) is 0 Å². The summed E-state index contributed by atoms with van der Waals surface area (Å²) in [5.74, 6) is -0.300. The second kappa shape index (κ2) is 7.99. The number of carbonyl (C=O) groups excluding carboxylic acids is 1. The molecule has 0 aliphatic rings. The monoisotopic (exact) mass is 389 g/mol. The molecule has 5 nitrogen and oxygen atoms in total. The molecule has 0 radical (unpaired) electrons. The number of amides is 1. The molecule has 3 N–H and O–H groups in total. The van der Waals surface area contributed by atoms with Gasteiger partial charge in [-0.1, -0.05) is 11.6 Å². The Kier molecular flexibility index (Phi) is 5.50. The highest BCUT2D eigenvalue weighted by Crippen LogP contribution is 2.22. The van der Waals surface area contributed by atoms with E-state index in [9.17, 15) is 9.18 Å². The molecule has 0 bridgehead atoms. The highest BCUT2D eigenvalue weighted by molar-refractivity contribution is 7.80. The molecule has 26 heavy (non-hydrogen) atoms. The number of benzene rings is 2. The number of rotatable bonds is 3. The van der Waals surface area contributed by atoms with Crippen LogP contribution in [0.15, 0.2) is 65.1 Å². The van der Waals surface area contributed by atoms with Crippen molar-refractivity contribution >= 4 is 40.5 Å². The number of hydrogen-bond acceptors (Lipinski definition) is 3. The Morgan fingerprint density at radius 3 is 2.35 bits per heavy atom. The smallest absolute Gasteiger partial charge is 0.305 e. The van der Waals surface area contributed by atoms with Crippen molar-refractivity contribution in [2.24, 2.45) is 0 Å². The minimum atomic E-state index is -0.501. The van der Waals surface area contributed by atoms with Crippen molar-refractivity contribution in [1.29, 1.82) is 0 Å². The summed E-state index contributed by atoms with van der Waals surface area (Å²) in [7, 11) is 0. The van der Waals surface area contributed by atoms with E-state index < -0.39 is 5.91 Å². The zero-order chi connectivity index (χ0) is 18.5. The topological polar surface area (TPSA) is 66.3 Å². The number of nitrogens with one attached hydrogen (secondary N) is 3. The predicted octanol–water partition coefficient (Wildman–Crippen LogP) is 4.37. The van der Waals surface area contributed by atoms with Crippen molar-refractivity contribution < 1.29 is 13.6 Å². The second-order valence-corrected chi connectivity index (χ2v) is 6.06. The highest BCUT2D eigenvalue weighted by atomic mass is 35.5. The summed E-state index contributed by atoms with van der Waals surface area (Å²) in [5.41, 5.74) is 6.40. The van der Waals surface area contributed by atoms with E-state index in [1.165, 1.54) is 18.2 Å². The maximum atomic E-state index is 13.0. The number of halogens is 2. The molecule has 0 fully saturated rings. The van der Waals surface area contributed by atoms with Crippen LogP contribution in [0.4, 0.5) is 10.1 Å². The van der Waals surface area contributed by atoms with Crippen LogP contribution in [0.2, 0.25) is 5.02 Å². The van der Waals surface area contributed by atoms with Crippen LogP contribution in [0, 0.1) is 5.82 Å². The molecular formula is C18H13ClFN3O2S.